The topological polar surface area (TPSA) is 32.3 Å². The highest BCUT2D eigenvalue weighted by molar-refractivity contribution is 9.10. The van der Waals surface area contributed by atoms with Gasteiger partial charge >= 0.3 is 0 Å². The maximum Gasteiger partial charge on any atom is 0.261 e. The number of halogens is 1. The molecule has 1 fully saturated rings. The van der Waals surface area contributed by atoms with Crippen molar-refractivity contribution in [1.29, 1.82) is 0 Å². The number of piperidine rings is 1. The lowest BCUT2D eigenvalue weighted by atomic mass is 10.0. The molecule has 0 spiro atoms. The number of hydrogen-bond donors (Lipinski definition) is 1. The van der Waals surface area contributed by atoms with E-state index in [9.17, 15) is 4.79 Å². The Hall–Kier alpha value is -1.17. The quantitative estimate of drug-likeness (QED) is 0.794. The van der Waals surface area contributed by atoms with E-state index in [4.69, 9.17) is 0 Å². The van der Waals surface area contributed by atoms with E-state index in [-0.39, 0.29) is 11.9 Å². The average molecular weight is 407 g/mol. The van der Waals surface area contributed by atoms with E-state index in [0.29, 0.717) is 0 Å². The second kappa shape index (κ2) is 8.28. The van der Waals surface area contributed by atoms with Crippen molar-refractivity contribution in [3.63, 3.8) is 0 Å². The molecule has 24 heavy (non-hydrogen) atoms. The molecule has 0 unspecified atom stereocenters. The van der Waals surface area contributed by atoms with Gasteiger partial charge in [-0.15, -0.1) is 11.3 Å². The molecule has 2 aromatic rings. The van der Waals surface area contributed by atoms with Crippen molar-refractivity contribution in [2.45, 2.75) is 38.8 Å². The third-order valence-electron chi connectivity index (χ3n) is 4.47. The number of nitrogens with one attached hydrogen (secondary N) is 1. The van der Waals surface area contributed by atoms with Gasteiger partial charge < -0.3 is 5.32 Å². The normalized spacial score (nSPS) is 16.2. The molecule has 1 N–H and O–H groups in total. The van der Waals surface area contributed by atoms with Crippen LogP contribution in [-0.2, 0) is 13.0 Å². The summed E-state index contributed by atoms with van der Waals surface area (Å²) < 4.78 is 1.05. The smallest absolute Gasteiger partial charge is 0.261 e. The molecule has 1 aromatic carbocycles. The third-order valence-corrected chi connectivity index (χ3v) is 6.72. The predicted molar refractivity (Wildman–Crippen MR) is 104 cm³/mol. The van der Waals surface area contributed by atoms with Gasteiger partial charge in [0.2, 0.25) is 0 Å². The predicted octanol–water partition coefficient (Wildman–Crippen LogP) is 4.47. The minimum absolute atomic E-state index is 0.0712. The maximum absolute atomic E-state index is 12.4. The molecule has 0 atom stereocenters. The number of rotatable bonds is 5. The SMILES string of the molecule is CCc1sc(C(=O)NC2CCN(Cc3ccccc3)CC2)cc1Br. The Kier molecular flexibility index (Phi) is 6.09. The second-order valence-corrected chi connectivity index (χ2v) is 8.24. The van der Waals surface area contributed by atoms with Gasteiger partial charge in [0.1, 0.15) is 0 Å². The van der Waals surface area contributed by atoms with Crippen LogP contribution < -0.4 is 5.32 Å². The molecule has 2 heterocycles. The fourth-order valence-electron chi connectivity index (χ4n) is 3.09. The fraction of sp³-hybridized carbons (Fsp3) is 0.421. The van der Waals surface area contributed by atoms with Crippen molar-refractivity contribution < 1.29 is 4.79 Å². The molecule has 5 heteroatoms. The Morgan fingerprint density at radius 2 is 2.00 bits per heavy atom. The summed E-state index contributed by atoms with van der Waals surface area (Å²) in [5.74, 6) is 0.0712. The number of amides is 1. The summed E-state index contributed by atoms with van der Waals surface area (Å²) in [6.45, 7) is 5.18. The third kappa shape index (κ3) is 4.47. The van der Waals surface area contributed by atoms with E-state index in [0.717, 1.165) is 48.2 Å². The van der Waals surface area contributed by atoms with Crippen molar-refractivity contribution in [2.75, 3.05) is 13.1 Å². The summed E-state index contributed by atoms with van der Waals surface area (Å²) in [5, 5.41) is 3.21. The number of thiophene rings is 1. The molecule has 3 rings (SSSR count). The van der Waals surface area contributed by atoms with Crippen molar-refractivity contribution in [2.24, 2.45) is 0 Å². The van der Waals surface area contributed by atoms with Crippen LogP contribution in [0.15, 0.2) is 40.9 Å². The number of benzene rings is 1. The molecular formula is C19H23BrN2OS. The second-order valence-electron chi connectivity index (χ2n) is 6.24. The van der Waals surface area contributed by atoms with Gasteiger partial charge in [-0.05, 0) is 46.8 Å². The van der Waals surface area contributed by atoms with E-state index < -0.39 is 0 Å². The number of aryl methyl sites for hydroxylation is 1. The minimum atomic E-state index is 0.0712. The van der Waals surface area contributed by atoms with Gasteiger partial charge in [0, 0.05) is 35.0 Å². The van der Waals surface area contributed by atoms with Gasteiger partial charge in [0.05, 0.1) is 4.88 Å². The molecule has 128 valence electrons. The number of hydrogen-bond acceptors (Lipinski definition) is 3. The molecule has 1 aliphatic heterocycles. The molecule has 1 aromatic heterocycles. The Morgan fingerprint density at radius 3 is 2.62 bits per heavy atom. The molecule has 0 radical (unpaired) electrons. The summed E-state index contributed by atoms with van der Waals surface area (Å²) in [6.07, 6.45) is 2.99. The van der Waals surface area contributed by atoms with Crippen molar-refractivity contribution in [3.8, 4) is 0 Å². The van der Waals surface area contributed by atoms with Crippen molar-refractivity contribution in [1.82, 2.24) is 10.2 Å². The minimum Gasteiger partial charge on any atom is -0.349 e. The Labute approximate surface area is 156 Å². The molecule has 1 saturated heterocycles. The lowest BCUT2D eigenvalue weighted by Crippen LogP contribution is -2.44. The standard InChI is InChI=1S/C19H23BrN2OS/c1-2-17-16(20)12-18(24-17)19(23)21-15-8-10-22(11-9-15)13-14-6-4-3-5-7-14/h3-7,12,15H,2,8-11,13H2,1H3,(H,21,23). The van der Waals surface area contributed by atoms with Gasteiger partial charge in [0.25, 0.3) is 5.91 Å². The van der Waals surface area contributed by atoms with E-state index >= 15 is 0 Å². The largest absolute Gasteiger partial charge is 0.349 e. The molecule has 1 amide bonds. The number of carbonyl (C=O) groups is 1. The molecular weight excluding hydrogens is 384 g/mol. The summed E-state index contributed by atoms with van der Waals surface area (Å²) in [4.78, 5) is 16.9. The van der Waals surface area contributed by atoms with Gasteiger partial charge in [-0.3, -0.25) is 9.69 Å². The number of nitrogens with zero attached hydrogens (tertiary/aromatic N) is 1. The van der Waals surface area contributed by atoms with E-state index in [2.05, 4.69) is 63.4 Å². The highest BCUT2D eigenvalue weighted by Crippen LogP contribution is 2.28. The fourth-order valence-corrected chi connectivity index (χ4v) is 4.89. The van der Waals surface area contributed by atoms with Crippen LogP contribution in [0.3, 0.4) is 0 Å². The highest BCUT2D eigenvalue weighted by Gasteiger charge is 2.22. The van der Waals surface area contributed by atoms with E-state index in [1.807, 2.05) is 6.07 Å². The first-order valence-electron chi connectivity index (χ1n) is 8.51. The molecule has 0 aliphatic carbocycles. The van der Waals surface area contributed by atoms with Crippen LogP contribution in [0, 0.1) is 0 Å². The van der Waals surface area contributed by atoms with Gasteiger partial charge in [0.15, 0.2) is 0 Å². The lowest BCUT2D eigenvalue weighted by Gasteiger charge is -2.32. The Bertz CT molecular complexity index is 678. The van der Waals surface area contributed by atoms with Crippen LogP contribution in [0.5, 0.6) is 0 Å². The zero-order valence-corrected chi connectivity index (χ0v) is 16.3. The van der Waals surface area contributed by atoms with Crippen LogP contribution in [-0.4, -0.2) is 29.9 Å². The van der Waals surface area contributed by atoms with Crippen LogP contribution >= 0.6 is 27.3 Å². The summed E-state index contributed by atoms with van der Waals surface area (Å²) in [5.41, 5.74) is 1.36. The van der Waals surface area contributed by atoms with Crippen molar-refractivity contribution >= 4 is 33.2 Å². The Balaban J connectivity index is 1.49. The highest BCUT2D eigenvalue weighted by atomic mass is 79.9. The molecule has 1 aliphatic rings. The zero-order chi connectivity index (χ0) is 16.9. The number of carbonyl (C=O) groups excluding carboxylic acids is 1. The molecule has 0 bridgehead atoms. The van der Waals surface area contributed by atoms with E-state index in [1.165, 1.54) is 10.4 Å². The number of likely N-dealkylation sites (tertiary alicyclic amines) is 1. The monoisotopic (exact) mass is 406 g/mol. The first-order valence-corrected chi connectivity index (χ1v) is 10.1. The average Bonchev–Trinajstić information content (AvgIpc) is 2.99. The zero-order valence-electron chi connectivity index (χ0n) is 13.9. The van der Waals surface area contributed by atoms with Gasteiger partial charge in [-0.2, -0.15) is 0 Å². The molecule has 0 saturated carbocycles. The van der Waals surface area contributed by atoms with Crippen LogP contribution in [0.25, 0.3) is 0 Å². The summed E-state index contributed by atoms with van der Waals surface area (Å²) in [7, 11) is 0. The summed E-state index contributed by atoms with van der Waals surface area (Å²) >= 11 is 5.12. The maximum atomic E-state index is 12.4. The first-order chi connectivity index (χ1) is 11.7. The first kappa shape index (κ1) is 17.6. The van der Waals surface area contributed by atoms with Crippen LogP contribution in [0.2, 0.25) is 0 Å². The van der Waals surface area contributed by atoms with E-state index in [1.54, 1.807) is 11.3 Å². The lowest BCUT2D eigenvalue weighted by molar-refractivity contribution is 0.0913. The van der Waals surface area contributed by atoms with Gasteiger partial charge in [-0.25, -0.2) is 0 Å². The summed E-state index contributed by atoms with van der Waals surface area (Å²) in [6, 6.07) is 12.8. The van der Waals surface area contributed by atoms with Crippen LogP contribution in [0.4, 0.5) is 0 Å². The Morgan fingerprint density at radius 1 is 1.29 bits per heavy atom. The van der Waals surface area contributed by atoms with Crippen LogP contribution in [0.1, 0.15) is 39.9 Å². The van der Waals surface area contributed by atoms with Crippen molar-refractivity contribution in [3.05, 3.63) is 56.2 Å². The molecule has 3 nitrogen and oxygen atoms in total. The van der Waals surface area contributed by atoms with Gasteiger partial charge in [-0.1, -0.05) is 37.3 Å².